The molecule has 0 aliphatic rings. The number of carbonyl (C=O) groups excluding carboxylic acids is 2. The summed E-state index contributed by atoms with van der Waals surface area (Å²) in [6.07, 6.45) is -1.73. The summed E-state index contributed by atoms with van der Waals surface area (Å²) in [4.78, 5) is 26.2. The molecule has 0 spiro atoms. The summed E-state index contributed by atoms with van der Waals surface area (Å²) < 4.78 is 21.4. The van der Waals surface area contributed by atoms with Crippen LogP contribution in [0.3, 0.4) is 0 Å². The number of imide groups is 1. The highest BCUT2D eigenvalue weighted by molar-refractivity contribution is 5.88. The Morgan fingerprint density at radius 3 is 1.61 bits per heavy atom. The molecule has 1 rings (SSSR count). The molecular weight excluding hydrogens is 364 g/mol. The highest BCUT2D eigenvalue weighted by Crippen LogP contribution is 2.32. The zero-order valence-corrected chi connectivity index (χ0v) is 17.7. The van der Waals surface area contributed by atoms with E-state index in [9.17, 15) is 9.59 Å². The third-order valence-corrected chi connectivity index (χ3v) is 3.28. The molecule has 0 radical (unpaired) electrons. The second kappa shape index (κ2) is 8.83. The van der Waals surface area contributed by atoms with Gasteiger partial charge in [0.05, 0.1) is 38.0 Å². The lowest BCUT2D eigenvalue weighted by Crippen LogP contribution is -2.43. The molecule has 0 unspecified atom stereocenters. The van der Waals surface area contributed by atoms with Crippen LogP contribution in [0.2, 0.25) is 0 Å². The molecule has 0 fully saturated rings. The summed E-state index contributed by atoms with van der Waals surface area (Å²) in [5.41, 5.74) is -0.897. The van der Waals surface area contributed by atoms with Gasteiger partial charge in [0.2, 0.25) is 0 Å². The number of hydrogen-bond donors (Lipinski definition) is 0. The van der Waals surface area contributed by atoms with E-state index in [1.807, 2.05) is 6.07 Å². The maximum absolute atomic E-state index is 12.7. The first-order valence-corrected chi connectivity index (χ1v) is 8.69. The molecule has 0 heterocycles. The van der Waals surface area contributed by atoms with Crippen LogP contribution in [0, 0.1) is 11.3 Å². The zero-order chi connectivity index (χ0) is 21.7. The number of methoxy groups -OCH3 is 2. The molecular formula is C20H28N2O6. The molecule has 0 aromatic heterocycles. The summed E-state index contributed by atoms with van der Waals surface area (Å²) in [7, 11) is 2.84. The largest absolute Gasteiger partial charge is 0.496 e. The van der Waals surface area contributed by atoms with E-state index >= 15 is 0 Å². The van der Waals surface area contributed by atoms with Crippen molar-refractivity contribution >= 4 is 12.2 Å². The molecule has 0 N–H and O–H groups in total. The van der Waals surface area contributed by atoms with Crippen molar-refractivity contribution in [1.82, 2.24) is 4.90 Å². The summed E-state index contributed by atoms with van der Waals surface area (Å²) in [6.45, 7) is 9.95. The van der Waals surface area contributed by atoms with Crippen LogP contribution in [0.1, 0.15) is 52.7 Å². The Balaban J connectivity index is 3.39. The van der Waals surface area contributed by atoms with Gasteiger partial charge < -0.3 is 18.9 Å². The summed E-state index contributed by atoms with van der Waals surface area (Å²) >= 11 is 0. The van der Waals surface area contributed by atoms with E-state index in [4.69, 9.17) is 24.2 Å². The van der Waals surface area contributed by atoms with E-state index in [2.05, 4.69) is 0 Å². The van der Waals surface area contributed by atoms with E-state index in [-0.39, 0.29) is 6.54 Å². The fraction of sp³-hybridized carbons (Fsp3) is 0.550. The SMILES string of the molecule is COc1cc(C#N)cc(OC)c1CN(C(=O)OC(C)(C)C)C(=O)OC(C)(C)C. The van der Waals surface area contributed by atoms with E-state index in [1.54, 1.807) is 41.5 Å². The van der Waals surface area contributed by atoms with Crippen LogP contribution in [0.15, 0.2) is 12.1 Å². The molecule has 154 valence electrons. The number of rotatable bonds is 4. The van der Waals surface area contributed by atoms with E-state index in [0.29, 0.717) is 22.6 Å². The molecule has 0 saturated carbocycles. The van der Waals surface area contributed by atoms with Crippen molar-refractivity contribution in [2.45, 2.75) is 59.3 Å². The topological polar surface area (TPSA) is 98.1 Å². The Labute approximate surface area is 165 Å². The Kier molecular flexibility index (Phi) is 7.28. The van der Waals surface area contributed by atoms with E-state index in [1.165, 1.54) is 26.4 Å². The molecule has 0 saturated heterocycles. The summed E-state index contributed by atoms with van der Waals surface area (Å²) in [5.74, 6) is 0.598. The number of ether oxygens (including phenoxy) is 4. The van der Waals surface area contributed by atoms with Crippen molar-refractivity contribution in [3.63, 3.8) is 0 Å². The van der Waals surface area contributed by atoms with Crippen LogP contribution in [-0.4, -0.2) is 42.5 Å². The minimum Gasteiger partial charge on any atom is -0.496 e. The van der Waals surface area contributed by atoms with Gasteiger partial charge in [0, 0.05) is 0 Å². The number of nitrogens with zero attached hydrogens (tertiary/aromatic N) is 2. The smallest absolute Gasteiger partial charge is 0.420 e. The quantitative estimate of drug-likeness (QED) is 0.755. The molecule has 0 atom stereocenters. The lowest BCUT2D eigenvalue weighted by molar-refractivity contribution is -0.000418. The molecule has 8 nitrogen and oxygen atoms in total. The van der Waals surface area contributed by atoms with Crippen molar-refractivity contribution in [3.8, 4) is 17.6 Å². The first-order valence-electron chi connectivity index (χ1n) is 8.69. The molecule has 8 heteroatoms. The van der Waals surface area contributed by atoms with Gasteiger partial charge in [-0.15, -0.1) is 0 Å². The van der Waals surface area contributed by atoms with Crippen LogP contribution >= 0.6 is 0 Å². The van der Waals surface area contributed by atoms with Crippen molar-refractivity contribution in [2.75, 3.05) is 14.2 Å². The van der Waals surface area contributed by atoms with Gasteiger partial charge >= 0.3 is 12.2 Å². The molecule has 0 aliphatic heterocycles. The molecule has 2 amide bonds. The maximum atomic E-state index is 12.7. The monoisotopic (exact) mass is 392 g/mol. The maximum Gasteiger partial charge on any atom is 0.420 e. The van der Waals surface area contributed by atoms with Gasteiger partial charge in [0.25, 0.3) is 0 Å². The molecule has 0 bridgehead atoms. The van der Waals surface area contributed by atoms with Gasteiger partial charge in [-0.05, 0) is 53.7 Å². The fourth-order valence-electron chi connectivity index (χ4n) is 2.20. The molecule has 1 aromatic carbocycles. The van der Waals surface area contributed by atoms with Crippen LogP contribution < -0.4 is 9.47 Å². The highest BCUT2D eigenvalue weighted by Gasteiger charge is 2.33. The number of benzene rings is 1. The minimum atomic E-state index is -0.866. The van der Waals surface area contributed by atoms with Crippen molar-refractivity contribution < 1.29 is 28.5 Å². The Morgan fingerprint density at radius 2 is 1.32 bits per heavy atom. The van der Waals surface area contributed by atoms with Crippen LogP contribution in [-0.2, 0) is 16.0 Å². The lowest BCUT2D eigenvalue weighted by atomic mass is 10.1. The minimum absolute atomic E-state index is 0.220. The van der Waals surface area contributed by atoms with Crippen LogP contribution in [0.25, 0.3) is 0 Å². The Hall–Kier alpha value is -2.95. The summed E-state index contributed by atoms with van der Waals surface area (Å²) in [6, 6.07) is 5.01. The second-order valence-electron chi connectivity index (χ2n) is 8.02. The van der Waals surface area contributed by atoms with Gasteiger partial charge in [-0.2, -0.15) is 5.26 Å². The zero-order valence-electron chi connectivity index (χ0n) is 17.7. The third kappa shape index (κ3) is 6.65. The van der Waals surface area contributed by atoms with Gasteiger partial charge in [0.1, 0.15) is 22.7 Å². The average molecular weight is 392 g/mol. The average Bonchev–Trinajstić information content (AvgIpc) is 2.55. The number of amides is 2. The lowest BCUT2D eigenvalue weighted by Gasteiger charge is -2.29. The van der Waals surface area contributed by atoms with Crippen molar-refractivity contribution in [1.29, 1.82) is 5.26 Å². The highest BCUT2D eigenvalue weighted by atomic mass is 16.6. The molecule has 1 aromatic rings. The van der Waals surface area contributed by atoms with E-state index in [0.717, 1.165) is 4.90 Å². The van der Waals surface area contributed by atoms with Gasteiger partial charge in [-0.25, -0.2) is 14.5 Å². The molecule has 28 heavy (non-hydrogen) atoms. The van der Waals surface area contributed by atoms with Crippen LogP contribution in [0.4, 0.5) is 9.59 Å². The van der Waals surface area contributed by atoms with Gasteiger partial charge in [-0.3, -0.25) is 0 Å². The van der Waals surface area contributed by atoms with Gasteiger partial charge in [-0.1, -0.05) is 0 Å². The predicted octanol–water partition coefficient (Wildman–Crippen LogP) is 4.25. The fourth-order valence-corrected chi connectivity index (χ4v) is 2.20. The Bertz CT molecular complexity index is 715. The number of nitriles is 1. The van der Waals surface area contributed by atoms with E-state index < -0.39 is 23.4 Å². The third-order valence-electron chi connectivity index (χ3n) is 3.28. The number of hydrogen-bond acceptors (Lipinski definition) is 7. The first kappa shape index (κ1) is 23.1. The summed E-state index contributed by atoms with van der Waals surface area (Å²) in [5, 5.41) is 9.16. The standard InChI is InChI=1S/C20H28N2O6/c1-19(2,3)27-17(23)22(18(24)28-20(4,5)6)12-14-15(25-7)9-13(11-21)10-16(14)26-8/h9-10H,12H2,1-8H3. The first-order chi connectivity index (χ1) is 12.8. The van der Waals surface area contributed by atoms with Crippen molar-refractivity contribution in [3.05, 3.63) is 23.3 Å². The number of carbonyl (C=O) groups is 2. The predicted molar refractivity (Wildman–Crippen MR) is 102 cm³/mol. The van der Waals surface area contributed by atoms with Crippen LogP contribution in [0.5, 0.6) is 11.5 Å². The second-order valence-corrected chi connectivity index (χ2v) is 8.02. The molecule has 0 aliphatic carbocycles. The van der Waals surface area contributed by atoms with Crippen molar-refractivity contribution in [2.24, 2.45) is 0 Å². The normalized spacial score (nSPS) is 11.2. The van der Waals surface area contributed by atoms with Gasteiger partial charge in [0.15, 0.2) is 0 Å². The Morgan fingerprint density at radius 1 is 0.929 bits per heavy atom.